The fourth-order valence-corrected chi connectivity index (χ4v) is 6.41. The van der Waals surface area contributed by atoms with Crippen LogP contribution in [0.4, 0.5) is 0 Å². The molecule has 5 rings (SSSR count). The topological polar surface area (TPSA) is 115 Å². The number of hydrogen-bond acceptors (Lipinski definition) is 7. The highest BCUT2D eigenvalue weighted by Gasteiger charge is 2.42. The molecule has 2 aliphatic rings. The van der Waals surface area contributed by atoms with Crippen LogP contribution < -0.4 is 10.1 Å². The maximum atomic E-state index is 13.9. The molecule has 0 saturated heterocycles. The maximum Gasteiger partial charge on any atom is 0.336 e. The Bertz CT molecular complexity index is 1610. The summed E-state index contributed by atoms with van der Waals surface area (Å²) < 4.78 is 34.2. The number of rotatable bonds is 8. The predicted molar refractivity (Wildman–Crippen MR) is 149 cm³/mol. The highest BCUT2D eigenvalue weighted by molar-refractivity contribution is 7.90. The Morgan fingerprint density at radius 1 is 1.05 bits per heavy atom. The second-order valence-electron chi connectivity index (χ2n) is 10.2. The van der Waals surface area contributed by atoms with Crippen molar-refractivity contribution >= 4 is 32.5 Å². The molecule has 0 spiro atoms. The van der Waals surface area contributed by atoms with Gasteiger partial charge in [-0.25, -0.2) is 13.2 Å². The molecule has 1 aromatic heterocycles. The van der Waals surface area contributed by atoms with E-state index in [0.29, 0.717) is 23.3 Å². The Kier molecular flexibility index (Phi) is 7.36. The van der Waals surface area contributed by atoms with E-state index in [1.165, 1.54) is 0 Å². The molecule has 39 heavy (non-hydrogen) atoms. The van der Waals surface area contributed by atoms with Gasteiger partial charge in [0.2, 0.25) is 0 Å². The number of para-hydroxylation sites is 1. The number of esters is 1. The van der Waals surface area contributed by atoms with Gasteiger partial charge in [-0.2, -0.15) is 0 Å². The number of sulfone groups is 1. The highest BCUT2D eigenvalue weighted by Crippen LogP contribution is 2.48. The Labute approximate surface area is 228 Å². The van der Waals surface area contributed by atoms with E-state index in [4.69, 9.17) is 9.47 Å². The molecule has 8 nitrogen and oxygen atoms in total. The molecule has 204 valence electrons. The third kappa shape index (κ3) is 5.36. The summed E-state index contributed by atoms with van der Waals surface area (Å²) in [6.07, 6.45) is 4.08. The van der Waals surface area contributed by atoms with Gasteiger partial charge in [-0.1, -0.05) is 30.3 Å². The number of Topliss-reactive ketones (excluding diaryl/α,β-unsaturated/α-hetero) is 1. The predicted octanol–water partition coefficient (Wildman–Crippen LogP) is 4.52. The van der Waals surface area contributed by atoms with Crippen molar-refractivity contribution < 1.29 is 27.5 Å². The lowest BCUT2D eigenvalue weighted by Crippen LogP contribution is -2.36. The van der Waals surface area contributed by atoms with Gasteiger partial charge in [0.15, 0.2) is 5.78 Å². The number of methoxy groups -OCH3 is 1. The summed E-state index contributed by atoms with van der Waals surface area (Å²) >= 11 is 0. The number of carbonyl (C=O) groups is 2. The minimum Gasteiger partial charge on any atom is -0.496 e. The SMILES string of the molecule is COc1ccccc1[C@H]1CC(=O)C2=C(C1)NC(C)=C(C(=O)OCCCS(C)(=O)=O)C2c1cccc2[nH]ccc12. The monoisotopic (exact) mass is 548 g/mol. The smallest absolute Gasteiger partial charge is 0.336 e. The number of ether oxygens (including phenoxy) is 2. The van der Waals surface area contributed by atoms with Gasteiger partial charge in [0.05, 0.1) is 25.0 Å². The Hall–Kier alpha value is -3.85. The van der Waals surface area contributed by atoms with Gasteiger partial charge in [-0.3, -0.25) is 4.79 Å². The summed E-state index contributed by atoms with van der Waals surface area (Å²) in [7, 11) is -1.54. The molecule has 3 aromatic rings. The fraction of sp³-hybridized carbons (Fsp3) is 0.333. The first-order chi connectivity index (χ1) is 18.7. The zero-order chi connectivity index (χ0) is 27.7. The van der Waals surface area contributed by atoms with E-state index in [0.717, 1.165) is 39.7 Å². The van der Waals surface area contributed by atoms with Crippen LogP contribution in [0.3, 0.4) is 0 Å². The second kappa shape index (κ2) is 10.7. The van der Waals surface area contributed by atoms with Crippen molar-refractivity contribution in [2.45, 2.75) is 38.0 Å². The van der Waals surface area contributed by atoms with E-state index in [2.05, 4.69) is 10.3 Å². The number of aromatic amines is 1. The number of benzene rings is 2. The minimum absolute atomic E-state index is 0.0283. The average Bonchev–Trinajstić information content (AvgIpc) is 3.39. The fourth-order valence-electron chi connectivity index (χ4n) is 5.77. The van der Waals surface area contributed by atoms with Gasteiger partial charge < -0.3 is 19.8 Å². The minimum atomic E-state index is -3.17. The van der Waals surface area contributed by atoms with Crippen molar-refractivity contribution in [3.05, 3.63) is 88.4 Å². The molecular weight excluding hydrogens is 516 g/mol. The third-order valence-electron chi connectivity index (χ3n) is 7.46. The average molecular weight is 549 g/mol. The molecule has 1 aliphatic heterocycles. The van der Waals surface area contributed by atoms with Crippen LogP contribution in [0.25, 0.3) is 10.9 Å². The molecule has 0 saturated carbocycles. The number of dihydropyridines is 1. The van der Waals surface area contributed by atoms with Crippen molar-refractivity contribution in [1.29, 1.82) is 0 Å². The third-order valence-corrected chi connectivity index (χ3v) is 8.49. The first-order valence-electron chi connectivity index (χ1n) is 13.0. The molecule has 9 heteroatoms. The zero-order valence-electron chi connectivity index (χ0n) is 22.2. The van der Waals surface area contributed by atoms with Gasteiger partial charge in [0.1, 0.15) is 15.6 Å². The van der Waals surface area contributed by atoms with E-state index < -0.39 is 21.7 Å². The number of aromatic nitrogens is 1. The molecule has 0 bridgehead atoms. The van der Waals surface area contributed by atoms with Crippen molar-refractivity contribution in [2.75, 3.05) is 25.7 Å². The molecule has 0 fully saturated rings. The first kappa shape index (κ1) is 26.7. The van der Waals surface area contributed by atoms with Gasteiger partial charge in [-0.15, -0.1) is 0 Å². The molecule has 1 aliphatic carbocycles. The van der Waals surface area contributed by atoms with Crippen LogP contribution in [0.5, 0.6) is 5.75 Å². The Morgan fingerprint density at radius 3 is 2.59 bits per heavy atom. The quantitative estimate of drug-likeness (QED) is 0.314. The standard InChI is InChI=1S/C30H32N2O6S/c1-18-27(30(34)38-14-7-15-39(3,35)36)28(22-9-6-10-23-21(22)12-13-31-23)29-24(32-18)16-19(17-25(29)33)20-8-4-5-11-26(20)37-2/h4-6,8-13,19,28,31-32H,7,14-17H2,1-3H3/t19-,28?/m1/s1. The summed E-state index contributed by atoms with van der Waals surface area (Å²) in [6.45, 7) is 1.79. The van der Waals surface area contributed by atoms with E-state index >= 15 is 0 Å². The van der Waals surface area contributed by atoms with Crippen molar-refractivity contribution in [3.63, 3.8) is 0 Å². The number of H-pyrrole nitrogens is 1. The number of carbonyl (C=O) groups excluding carboxylic acids is 2. The van der Waals surface area contributed by atoms with Crippen LogP contribution in [0.1, 0.15) is 49.1 Å². The summed E-state index contributed by atoms with van der Waals surface area (Å²) in [5, 5.41) is 4.29. The van der Waals surface area contributed by atoms with Crippen LogP contribution in [0.15, 0.2) is 77.3 Å². The van der Waals surface area contributed by atoms with Crippen LogP contribution in [0, 0.1) is 0 Å². The summed E-state index contributed by atoms with van der Waals surface area (Å²) in [6, 6.07) is 15.5. The lowest BCUT2D eigenvalue weighted by Gasteiger charge is -2.37. The van der Waals surface area contributed by atoms with Crippen LogP contribution in [-0.2, 0) is 24.2 Å². The van der Waals surface area contributed by atoms with E-state index in [1.54, 1.807) is 7.11 Å². The lowest BCUT2D eigenvalue weighted by atomic mass is 9.71. The van der Waals surface area contributed by atoms with E-state index in [1.807, 2.05) is 61.7 Å². The number of ketones is 1. The van der Waals surface area contributed by atoms with Crippen LogP contribution in [-0.4, -0.2) is 50.9 Å². The van der Waals surface area contributed by atoms with Crippen molar-refractivity contribution in [1.82, 2.24) is 10.3 Å². The molecular formula is C30H32N2O6S. The Balaban J connectivity index is 1.55. The van der Waals surface area contributed by atoms with Gasteiger partial charge >= 0.3 is 5.97 Å². The van der Waals surface area contributed by atoms with Crippen LogP contribution in [0.2, 0.25) is 0 Å². The first-order valence-corrected chi connectivity index (χ1v) is 15.0. The summed E-state index contributed by atoms with van der Waals surface area (Å²) in [4.78, 5) is 30.7. The maximum absolute atomic E-state index is 13.9. The zero-order valence-corrected chi connectivity index (χ0v) is 23.1. The molecule has 0 radical (unpaired) electrons. The lowest BCUT2D eigenvalue weighted by molar-refractivity contribution is -0.139. The van der Waals surface area contributed by atoms with Gasteiger partial charge in [-0.05, 0) is 49.1 Å². The van der Waals surface area contributed by atoms with Gasteiger partial charge in [0, 0.05) is 58.6 Å². The van der Waals surface area contributed by atoms with Crippen molar-refractivity contribution in [3.8, 4) is 5.75 Å². The largest absolute Gasteiger partial charge is 0.496 e. The number of nitrogens with one attached hydrogen (secondary N) is 2. The Morgan fingerprint density at radius 2 is 1.82 bits per heavy atom. The van der Waals surface area contributed by atoms with Gasteiger partial charge in [0.25, 0.3) is 0 Å². The molecule has 2 atom stereocenters. The molecule has 2 aromatic carbocycles. The molecule has 2 N–H and O–H groups in total. The van der Waals surface area contributed by atoms with E-state index in [-0.39, 0.29) is 36.9 Å². The van der Waals surface area contributed by atoms with E-state index in [9.17, 15) is 18.0 Å². The summed E-state index contributed by atoms with van der Waals surface area (Å²) in [5.74, 6) is -0.602. The molecule has 0 amide bonds. The molecule has 2 heterocycles. The molecule has 1 unspecified atom stereocenters. The number of fused-ring (bicyclic) bond motifs is 1. The van der Waals surface area contributed by atoms with Crippen molar-refractivity contribution in [2.24, 2.45) is 0 Å². The second-order valence-corrected chi connectivity index (χ2v) is 12.4. The normalized spacial score (nSPS) is 19.6. The number of hydrogen-bond donors (Lipinski definition) is 2. The summed E-state index contributed by atoms with van der Waals surface area (Å²) in [5.41, 5.74) is 5.08. The number of allylic oxidation sites excluding steroid dienone is 3. The van der Waals surface area contributed by atoms with Crippen LogP contribution >= 0.6 is 0 Å². The highest BCUT2D eigenvalue weighted by atomic mass is 32.2.